The van der Waals surface area contributed by atoms with Crippen LogP contribution in [0.15, 0.2) is 53.9 Å². The second kappa shape index (κ2) is 10.2. The molecule has 4 heterocycles. The zero-order chi connectivity index (χ0) is 28.0. The van der Waals surface area contributed by atoms with Crippen LogP contribution in [0.5, 0.6) is 5.75 Å². The summed E-state index contributed by atoms with van der Waals surface area (Å²) in [7, 11) is -1.63. The van der Waals surface area contributed by atoms with Gasteiger partial charge in [-0.15, -0.1) is 0 Å². The van der Waals surface area contributed by atoms with E-state index in [1.165, 1.54) is 35.1 Å². The Bertz CT molecular complexity index is 1680. The van der Waals surface area contributed by atoms with Crippen molar-refractivity contribution in [1.82, 2.24) is 29.3 Å². The van der Waals surface area contributed by atoms with Gasteiger partial charge in [0.05, 0.1) is 28.6 Å². The Labute approximate surface area is 228 Å². The Balaban J connectivity index is 1.44. The lowest BCUT2D eigenvalue weighted by atomic mass is 10.1. The number of benzene rings is 1. The van der Waals surface area contributed by atoms with Gasteiger partial charge in [0.15, 0.2) is 15.5 Å². The van der Waals surface area contributed by atoms with Crippen molar-refractivity contribution in [3.63, 3.8) is 0 Å². The third-order valence-electron chi connectivity index (χ3n) is 7.32. The van der Waals surface area contributed by atoms with Gasteiger partial charge in [-0.25, -0.2) is 17.9 Å². The number of alkyl halides is 2. The van der Waals surface area contributed by atoms with Crippen molar-refractivity contribution in [2.24, 2.45) is 0 Å². The zero-order valence-electron chi connectivity index (χ0n) is 21.6. The summed E-state index contributed by atoms with van der Waals surface area (Å²) in [5.41, 5.74) is 0.890. The van der Waals surface area contributed by atoms with Crippen LogP contribution >= 0.6 is 0 Å². The van der Waals surface area contributed by atoms with Crippen LogP contribution in [0.1, 0.15) is 36.0 Å². The number of halogens is 2. The standard InChI is InChI=1S/C26H27F2N7O4S/c1-33-10-2-4-16(33)14-34-15-21(31-25(36)20-13-30-35-11-3-9-29-24(20)35)23(32-34)19-12-18(40(37,38)17-5-6-17)7-8-22(19)39-26(27)28/h3,7-9,11-13,15-17,26H,2,4-6,10,14H2,1H3,(H,31,36)/t16-/m0/s1. The maximum Gasteiger partial charge on any atom is 0.387 e. The number of ether oxygens (including phenoxy) is 1. The van der Waals surface area contributed by atoms with Crippen LogP contribution in [0.3, 0.4) is 0 Å². The molecule has 1 aromatic carbocycles. The molecule has 3 aromatic heterocycles. The van der Waals surface area contributed by atoms with Crippen LogP contribution in [0.25, 0.3) is 16.9 Å². The van der Waals surface area contributed by atoms with Crippen LogP contribution < -0.4 is 10.1 Å². The van der Waals surface area contributed by atoms with E-state index in [4.69, 9.17) is 4.74 Å². The fourth-order valence-electron chi connectivity index (χ4n) is 5.05. The van der Waals surface area contributed by atoms with Gasteiger partial charge in [0.1, 0.15) is 17.0 Å². The minimum Gasteiger partial charge on any atom is -0.434 e. The summed E-state index contributed by atoms with van der Waals surface area (Å²) < 4.78 is 60.7. The predicted molar refractivity (Wildman–Crippen MR) is 141 cm³/mol. The number of nitrogens with zero attached hydrogens (tertiary/aromatic N) is 6. The second-order valence-corrected chi connectivity index (χ2v) is 12.3. The van der Waals surface area contributed by atoms with E-state index in [0.29, 0.717) is 25.0 Å². The first kappa shape index (κ1) is 26.3. The van der Waals surface area contributed by atoms with Crippen molar-refractivity contribution in [2.45, 2.75) is 55.0 Å². The molecule has 0 unspecified atom stereocenters. The number of fused-ring (bicyclic) bond motifs is 1. The van der Waals surface area contributed by atoms with Gasteiger partial charge >= 0.3 is 6.61 Å². The van der Waals surface area contributed by atoms with Crippen molar-refractivity contribution in [3.8, 4) is 17.0 Å². The first-order chi connectivity index (χ1) is 19.2. The van der Waals surface area contributed by atoms with E-state index in [2.05, 4.69) is 25.4 Å². The zero-order valence-corrected chi connectivity index (χ0v) is 22.4. The fourth-order valence-corrected chi connectivity index (χ4v) is 6.73. The highest BCUT2D eigenvalue weighted by Gasteiger charge is 2.37. The number of carbonyl (C=O) groups excluding carboxylic acids is 1. The van der Waals surface area contributed by atoms with E-state index in [1.807, 2.05) is 7.05 Å². The molecule has 11 nitrogen and oxygen atoms in total. The molecule has 1 N–H and O–H groups in total. The Morgan fingerprint density at radius 1 is 1.25 bits per heavy atom. The lowest BCUT2D eigenvalue weighted by Crippen LogP contribution is -2.29. The molecule has 1 saturated carbocycles. The molecule has 14 heteroatoms. The van der Waals surface area contributed by atoms with Gasteiger partial charge in [-0.1, -0.05) is 0 Å². The average Bonchev–Trinajstić information content (AvgIpc) is 3.42. The van der Waals surface area contributed by atoms with E-state index >= 15 is 0 Å². The molecule has 1 atom stereocenters. The molecule has 2 fully saturated rings. The molecule has 1 saturated heterocycles. The van der Waals surface area contributed by atoms with Crippen molar-refractivity contribution in [3.05, 3.63) is 54.6 Å². The summed E-state index contributed by atoms with van der Waals surface area (Å²) in [5, 5.41) is 11.1. The van der Waals surface area contributed by atoms with Crippen LogP contribution in [0.2, 0.25) is 0 Å². The molecular weight excluding hydrogens is 544 g/mol. The van der Waals surface area contributed by atoms with Crippen molar-refractivity contribution in [2.75, 3.05) is 18.9 Å². The summed E-state index contributed by atoms with van der Waals surface area (Å²) in [5.74, 6) is -0.785. The van der Waals surface area contributed by atoms with Gasteiger partial charge in [-0.05, 0) is 63.5 Å². The maximum absolute atomic E-state index is 13.4. The highest BCUT2D eigenvalue weighted by molar-refractivity contribution is 7.92. The first-order valence-corrected chi connectivity index (χ1v) is 14.5. The molecule has 1 aliphatic heterocycles. The molecule has 210 valence electrons. The molecule has 1 amide bonds. The number of hydrogen-bond donors (Lipinski definition) is 1. The summed E-state index contributed by atoms with van der Waals surface area (Å²) in [6.45, 7) is -1.72. The number of rotatable bonds is 9. The molecule has 0 bridgehead atoms. The molecule has 0 radical (unpaired) electrons. The van der Waals surface area contributed by atoms with Gasteiger partial charge in [0.25, 0.3) is 5.91 Å². The number of likely N-dealkylation sites (N-methyl/N-ethyl adjacent to an activating group) is 1. The number of carbonyl (C=O) groups is 1. The predicted octanol–water partition coefficient (Wildman–Crippen LogP) is 3.48. The van der Waals surface area contributed by atoms with Crippen LogP contribution in [-0.2, 0) is 16.4 Å². The summed E-state index contributed by atoms with van der Waals surface area (Å²) in [6.07, 6.45) is 9.27. The molecule has 4 aromatic rings. The third-order valence-corrected chi connectivity index (χ3v) is 9.58. The van der Waals surface area contributed by atoms with Gasteiger partial charge in [-0.3, -0.25) is 9.48 Å². The second-order valence-electron chi connectivity index (χ2n) is 10.1. The topological polar surface area (TPSA) is 124 Å². The molecule has 6 rings (SSSR count). The maximum atomic E-state index is 13.4. The number of aromatic nitrogens is 5. The van der Waals surface area contributed by atoms with Gasteiger partial charge in [0, 0.05) is 30.2 Å². The summed E-state index contributed by atoms with van der Waals surface area (Å²) in [4.78, 5) is 19.8. The number of sulfone groups is 1. The average molecular weight is 572 g/mol. The van der Waals surface area contributed by atoms with E-state index < -0.39 is 27.6 Å². The number of hydrogen-bond acceptors (Lipinski definition) is 8. The van der Waals surface area contributed by atoms with Gasteiger partial charge in [0.2, 0.25) is 0 Å². The largest absolute Gasteiger partial charge is 0.434 e. The lowest BCUT2D eigenvalue weighted by Gasteiger charge is -2.19. The lowest BCUT2D eigenvalue weighted by molar-refractivity contribution is -0.0494. The van der Waals surface area contributed by atoms with E-state index in [1.54, 1.807) is 23.1 Å². The quantitative estimate of drug-likeness (QED) is 0.324. The molecule has 0 spiro atoms. The minimum absolute atomic E-state index is 0.0132. The normalized spacial score (nSPS) is 18.1. The number of likely N-dealkylation sites (tertiary alicyclic amines) is 1. The monoisotopic (exact) mass is 571 g/mol. The summed E-state index contributed by atoms with van der Waals surface area (Å²) >= 11 is 0. The number of anilines is 1. The Kier molecular flexibility index (Phi) is 6.74. The van der Waals surface area contributed by atoms with Crippen molar-refractivity contribution in [1.29, 1.82) is 0 Å². The van der Waals surface area contributed by atoms with Crippen LogP contribution in [0.4, 0.5) is 14.5 Å². The Morgan fingerprint density at radius 3 is 2.80 bits per heavy atom. The van der Waals surface area contributed by atoms with Gasteiger partial charge < -0.3 is 15.0 Å². The van der Waals surface area contributed by atoms with Crippen molar-refractivity contribution >= 4 is 27.1 Å². The molecule has 2 aliphatic rings. The molecule has 1 aliphatic carbocycles. The first-order valence-electron chi connectivity index (χ1n) is 12.9. The Hall–Kier alpha value is -3.91. The number of amides is 1. The Morgan fingerprint density at radius 2 is 2.08 bits per heavy atom. The van der Waals surface area contributed by atoms with Crippen molar-refractivity contribution < 1.29 is 26.7 Å². The SMILES string of the molecule is CN1CCC[C@H]1Cn1cc(NC(=O)c2cnn3cccnc23)c(-c2cc(S(=O)(=O)C3CC3)ccc2OC(F)F)n1. The van der Waals surface area contributed by atoms with E-state index in [9.17, 15) is 22.0 Å². The number of nitrogens with one attached hydrogen (secondary N) is 1. The fraction of sp³-hybridized carbons (Fsp3) is 0.385. The smallest absolute Gasteiger partial charge is 0.387 e. The van der Waals surface area contributed by atoms with Crippen LogP contribution in [0, 0.1) is 0 Å². The highest BCUT2D eigenvalue weighted by Crippen LogP contribution is 2.40. The van der Waals surface area contributed by atoms with Crippen LogP contribution in [-0.4, -0.2) is 75.1 Å². The van der Waals surface area contributed by atoms with E-state index in [-0.39, 0.29) is 39.2 Å². The van der Waals surface area contributed by atoms with E-state index in [0.717, 1.165) is 19.4 Å². The molecular formula is C26H27F2N7O4S. The highest BCUT2D eigenvalue weighted by atomic mass is 32.2. The van der Waals surface area contributed by atoms with Gasteiger partial charge in [-0.2, -0.15) is 19.0 Å². The summed E-state index contributed by atoms with van der Waals surface area (Å²) in [6, 6.07) is 5.64. The third kappa shape index (κ3) is 5.04. The molecule has 40 heavy (non-hydrogen) atoms. The minimum atomic E-state index is -3.65.